The second kappa shape index (κ2) is 9.50. The molecule has 0 aliphatic rings. The topological polar surface area (TPSA) is 59.3 Å². The van der Waals surface area contributed by atoms with E-state index < -0.39 is 0 Å². The average molecular weight is 302 g/mol. The Morgan fingerprint density at radius 2 is 1.73 bits per heavy atom. The summed E-state index contributed by atoms with van der Waals surface area (Å²) in [6.07, 6.45) is 1.62. The minimum Gasteiger partial charge on any atom is -0.394 e. The highest BCUT2D eigenvalue weighted by atomic mass is 16.1. The lowest BCUT2D eigenvalue weighted by Crippen LogP contribution is -2.23. The first-order valence-corrected chi connectivity index (χ1v) is 6.90. The molecule has 0 spiro atoms. The summed E-state index contributed by atoms with van der Waals surface area (Å²) in [6.45, 7) is 11.6. The van der Waals surface area contributed by atoms with E-state index in [2.05, 4.69) is 52.4 Å². The Morgan fingerprint density at radius 3 is 2.18 bits per heavy atom. The maximum atomic E-state index is 8.00. The Morgan fingerprint density at radius 1 is 1.23 bits per heavy atom. The normalized spacial score (nSPS) is 10.2. The summed E-state index contributed by atoms with van der Waals surface area (Å²) < 4.78 is 2.10. The maximum Gasteiger partial charge on any atom is 0.149 e. The van der Waals surface area contributed by atoms with Gasteiger partial charge in [0, 0.05) is 21.1 Å². The van der Waals surface area contributed by atoms with Gasteiger partial charge in [-0.3, -0.25) is 4.99 Å². The van der Waals surface area contributed by atoms with Gasteiger partial charge in [-0.2, -0.15) is 0 Å². The number of carbonyl (C=O) groups excluding carboxylic acids is 1. The number of nitrogens with zero attached hydrogens (tertiary/aromatic N) is 3. The minimum atomic E-state index is 0.941. The number of rotatable bonds is 1. The predicted octanol–water partition coefficient (Wildman–Crippen LogP) is 2.19. The number of nitrogens with one attached hydrogen (secondary N) is 1. The molecule has 0 bridgehead atoms. The number of hydrogen-bond acceptors (Lipinski definition) is 4. The summed E-state index contributed by atoms with van der Waals surface area (Å²) in [5.41, 5.74) is 6.65. The summed E-state index contributed by atoms with van der Waals surface area (Å²) in [5.74, 6) is 0. The van der Waals surface area contributed by atoms with Crippen LogP contribution in [-0.2, 0) is 11.8 Å². The lowest BCUT2D eigenvalue weighted by Gasteiger charge is -2.10. The lowest BCUT2D eigenvalue weighted by atomic mass is 10.1. The van der Waals surface area contributed by atoms with Gasteiger partial charge in [-0.1, -0.05) is 6.58 Å². The molecular formula is C17H26N4O. The number of aryl methyl sites for hydroxylation is 4. The third kappa shape index (κ3) is 4.55. The Kier molecular flexibility index (Phi) is 8.45. The van der Waals surface area contributed by atoms with E-state index in [1.54, 1.807) is 13.2 Å². The molecule has 5 heteroatoms. The molecule has 5 nitrogen and oxygen atoms in total. The molecule has 0 saturated carbocycles. The number of aromatic nitrogens is 2. The van der Waals surface area contributed by atoms with Gasteiger partial charge in [-0.15, -0.1) is 0 Å². The van der Waals surface area contributed by atoms with Crippen LogP contribution in [0.1, 0.15) is 16.8 Å². The van der Waals surface area contributed by atoms with Crippen LogP contribution in [0.25, 0.3) is 11.0 Å². The number of benzene rings is 1. The molecule has 0 amide bonds. The van der Waals surface area contributed by atoms with Crippen LogP contribution in [0.2, 0.25) is 0 Å². The van der Waals surface area contributed by atoms with Crippen LogP contribution in [0.4, 0.5) is 0 Å². The average Bonchev–Trinajstić information content (AvgIpc) is 2.52. The van der Waals surface area contributed by atoms with Crippen molar-refractivity contribution in [2.75, 3.05) is 14.1 Å². The van der Waals surface area contributed by atoms with Crippen molar-refractivity contribution >= 4 is 17.8 Å². The smallest absolute Gasteiger partial charge is 0.149 e. The van der Waals surface area contributed by atoms with E-state index >= 15 is 0 Å². The van der Waals surface area contributed by atoms with Crippen LogP contribution in [0.3, 0.4) is 0 Å². The van der Waals surface area contributed by atoms with Crippen molar-refractivity contribution in [3.8, 4) is 0 Å². The predicted molar refractivity (Wildman–Crippen MR) is 92.8 cm³/mol. The summed E-state index contributed by atoms with van der Waals surface area (Å²) in [6, 6.07) is 4.31. The highest BCUT2D eigenvalue weighted by Gasteiger charge is 2.05. The highest BCUT2D eigenvalue weighted by molar-refractivity contribution is 5.76. The minimum absolute atomic E-state index is 0.941. The molecule has 1 N–H and O–H groups in total. The van der Waals surface area contributed by atoms with E-state index in [1.165, 1.54) is 11.1 Å². The lowest BCUT2D eigenvalue weighted by molar-refractivity contribution is -0.0979. The van der Waals surface area contributed by atoms with Crippen molar-refractivity contribution in [2.24, 2.45) is 12.0 Å². The fourth-order valence-corrected chi connectivity index (χ4v) is 2.04. The van der Waals surface area contributed by atoms with Crippen molar-refractivity contribution in [1.29, 1.82) is 0 Å². The van der Waals surface area contributed by atoms with Crippen LogP contribution in [0.15, 0.2) is 29.9 Å². The second-order valence-corrected chi connectivity index (χ2v) is 4.72. The number of carbonyl (C=O) groups is 1. The summed E-state index contributed by atoms with van der Waals surface area (Å²) in [7, 11) is 5.65. The quantitative estimate of drug-likeness (QED) is 0.878. The van der Waals surface area contributed by atoms with Crippen molar-refractivity contribution in [1.82, 2.24) is 14.9 Å². The third-order valence-electron chi connectivity index (χ3n) is 3.30. The Labute approximate surface area is 132 Å². The van der Waals surface area contributed by atoms with Crippen molar-refractivity contribution in [3.63, 3.8) is 0 Å². The zero-order valence-electron chi connectivity index (χ0n) is 14.4. The molecule has 0 aliphatic carbocycles. The van der Waals surface area contributed by atoms with Gasteiger partial charge in [-0.05, 0) is 50.2 Å². The molecule has 120 valence electrons. The standard InChI is InChI=1S/C13H17N3.C3H7N.CH2O/c1-8-6-11-12(7-9(8)2)16(5)13(14-4)10(3)15-11;1-3-4-2;1-2/h6-7H,1-5H3;3-4H,1H2,2H3;1H2. The van der Waals surface area contributed by atoms with Gasteiger partial charge in [0.1, 0.15) is 12.3 Å². The van der Waals surface area contributed by atoms with Gasteiger partial charge in [0.2, 0.25) is 0 Å². The number of fused-ring (bicyclic) bond motifs is 1. The first kappa shape index (κ1) is 19.6. The molecule has 0 saturated heterocycles. The first-order chi connectivity index (χ1) is 10.5. The Balaban J connectivity index is 0.000000640. The first-order valence-electron chi connectivity index (χ1n) is 6.90. The van der Waals surface area contributed by atoms with Crippen molar-refractivity contribution < 1.29 is 4.79 Å². The van der Waals surface area contributed by atoms with Crippen molar-refractivity contribution in [2.45, 2.75) is 20.8 Å². The molecule has 2 rings (SSSR count). The molecule has 0 aliphatic heterocycles. The van der Waals surface area contributed by atoms with Gasteiger partial charge in [0.25, 0.3) is 0 Å². The molecule has 2 aromatic rings. The molecule has 0 radical (unpaired) electrons. The summed E-state index contributed by atoms with van der Waals surface area (Å²) in [4.78, 5) is 16.9. The van der Waals surface area contributed by atoms with Crippen LogP contribution >= 0.6 is 0 Å². The highest BCUT2D eigenvalue weighted by Crippen LogP contribution is 2.16. The third-order valence-corrected chi connectivity index (χ3v) is 3.30. The van der Waals surface area contributed by atoms with Gasteiger partial charge in [0.15, 0.2) is 0 Å². The molecule has 1 aromatic carbocycles. The maximum absolute atomic E-state index is 8.00. The molecule has 0 unspecified atom stereocenters. The molecule has 1 heterocycles. The van der Waals surface area contributed by atoms with E-state index in [-0.39, 0.29) is 0 Å². The second-order valence-electron chi connectivity index (χ2n) is 4.72. The van der Waals surface area contributed by atoms with Crippen LogP contribution in [0.5, 0.6) is 0 Å². The molecule has 0 atom stereocenters. The van der Waals surface area contributed by atoms with Gasteiger partial charge >= 0.3 is 0 Å². The summed E-state index contributed by atoms with van der Waals surface area (Å²) >= 11 is 0. The van der Waals surface area contributed by atoms with Crippen LogP contribution < -0.4 is 10.8 Å². The van der Waals surface area contributed by atoms with E-state index in [9.17, 15) is 0 Å². The Bertz CT molecular complexity index is 702. The fourth-order valence-electron chi connectivity index (χ4n) is 2.04. The summed E-state index contributed by atoms with van der Waals surface area (Å²) in [5, 5.41) is 2.69. The molecular weight excluding hydrogens is 276 g/mol. The SMILES string of the molecule is C=CNC.C=O.CN=c1c(C)nc2cc(C)c(C)cc2n1C. The fraction of sp³-hybridized carbons (Fsp3) is 0.353. The van der Waals surface area contributed by atoms with E-state index in [0.717, 1.165) is 22.2 Å². The molecule has 0 fully saturated rings. The van der Waals surface area contributed by atoms with Crippen LogP contribution in [0, 0.1) is 20.8 Å². The Hall–Kier alpha value is -2.43. The van der Waals surface area contributed by atoms with Crippen LogP contribution in [-0.4, -0.2) is 30.4 Å². The van der Waals surface area contributed by atoms with E-state index in [4.69, 9.17) is 4.79 Å². The van der Waals surface area contributed by atoms with E-state index in [0.29, 0.717) is 0 Å². The monoisotopic (exact) mass is 302 g/mol. The van der Waals surface area contributed by atoms with Gasteiger partial charge in [-0.25, -0.2) is 4.98 Å². The van der Waals surface area contributed by atoms with Gasteiger partial charge in [0.05, 0.1) is 16.7 Å². The van der Waals surface area contributed by atoms with E-state index in [1.807, 2.05) is 27.8 Å². The zero-order chi connectivity index (χ0) is 17.3. The zero-order valence-corrected chi connectivity index (χ0v) is 14.4. The number of hydrogen-bond donors (Lipinski definition) is 1. The molecule has 22 heavy (non-hydrogen) atoms. The largest absolute Gasteiger partial charge is 0.394 e. The molecule has 1 aromatic heterocycles. The van der Waals surface area contributed by atoms with Crippen molar-refractivity contribution in [3.05, 3.63) is 47.2 Å². The van der Waals surface area contributed by atoms with Gasteiger partial charge < -0.3 is 14.7 Å².